The normalized spacial score (nSPS) is 12.9. The van der Waals surface area contributed by atoms with E-state index in [0.29, 0.717) is 11.4 Å². The first-order chi connectivity index (χ1) is 9.97. The minimum Gasteiger partial charge on any atom is -0.322 e. The fraction of sp³-hybridized carbons (Fsp3) is 0.400. The van der Waals surface area contributed by atoms with Gasteiger partial charge >= 0.3 is 0 Å². The zero-order chi connectivity index (χ0) is 15.4. The molecule has 0 radical (unpaired) electrons. The van der Waals surface area contributed by atoms with Crippen molar-refractivity contribution in [1.82, 2.24) is 14.7 Å². The lowest BCUT2D eigenvalue weighted by Crippen LogP contribution is -2.24. The summed E-state index contributed by atoms with van der Waals surface area (Å²) in [6, 6.07) is 7.51. The van der Waals surface area contributed by atoms with Crippen LogP contribution in [-0.2, 0) is 13.0 Å². The molecular weight excluding hydrogens is 307 g/mol. The van der Waals surface area contributed by atoms with Gasteiger partial charge in [-0.3, -0.25) is 4.68 Å². The third kappa shape index (κ3) is 4.45. The van der Waals surface area contributed by atoms with Crippen molar-refractivity contribution in [3.8, 4) is 0 Å². The SMILES string of the molecule is CN(C)CCn1ncc(Cl)c1C(N)Cc1ccc(Cl)cc1. The summed E-state index contributed by atoms with van der Waals surface area (Å²) in [5, 5.41) is 5.67. The Morgan fingerprint density at radius 2 is 1.90 bits per heavy atom. The van der Waals surface area contributed by atoms with E-state index in [9.17, 15) is 0 Å². The van der Waals surface area contributed by atoms with E-state index < -0.39 is 0 Å². The maximum atomic E-state index is 6.33. The Labute approximate surface area is 135 Å². The number of nitrogens with two attached hydrogens (primary N) is 1. The van der Waals surface area contributed by atoms with Crippen molar-refractivity contribution in [2.24, 2.45) is 5.73 Å². The van der Waals surface area contributed by atoms with Crippen molar-refractivity contribution in [2.45, 2.75) is 19.0 Å². The van der Waals surface area contributed by atoms with E-state index in [2.05, 4.69) is 10.00 Å². The van der Waals surface area contributed by atoms with E-state index in [4.69, 9.17) is 28.9 Å². The first-order valence-electron chi connectivity index (χ1n) is 6.83. The summed E-state index contributed by atoms with van der Waals surface area (Å²) in [5.41, 5.74) is 8.34. The molecule has 1 aromatic carbocycles. The lowest BCUT2D eigenvalue weighted by atomic mass is 10.0. The Hall–Kier alpha value is -1.07. The molecule has 0 fully saturated rings. The number of benzene rings is 1. The highest BCUT2D eigenvalue weighted by molar-refractivity contribution is 6.31. The molecule has 0 saturated carbocycles. The van der Waals surface area contributed by atoms with Crippen LogP contribution in [0.4, 0.5) is 0 Å². The summed E-state index contributed by atoms with van der Waals surface area (Å²) in [6.07, 6.45) is 2.36. The second kappa shape index (κ2) is 7.27. The molecule has 6 heteroatoms. The van der Waals surface area contributed by atoms with E-state index in [1.54, 1.807) is 6.20 Å². The van der Waals surface area contributed by atoms with Gasteiger partial charge in [0.15, 0.2) is 0 Å². The average molecular weight is 327 g/mol. The molecule has 21 heavy (non-hydrogen) atoms. The van der Waals surface area contributed by atoms with E-state index in [-0.39, 0.29) is 6.04 Å². The zero-order valence-electron chi connectivity index (χ0n) is 12.3. The van der Waals surface area contributed by atoms with Gasteiger partial charge < -0.3 is 10.6 Å². The Balaban J connectivity index is 2.12. The van der Waals surface area contributed by atoms with Crippen LogP contribution < -0.4 is 5.73 Å². The highest BCUT2D eigenvalue weighted by Crippen LogP contribution is 2.24. The number of aromatic nitrogens is 2. The van der Waals surface area contributed by atoms with E-state index in [1.165, 1.54) is 0 Å². The summed E-state index contributed by atoms with van der Waals surface area (Å²) >= 11 is 12.1. The van der Waals surface area contributed by atoms with Gasteiger partial charge in [-0.15, -0.1) is 0 Å². The summed E-state index contributed by atoms with van der Waals surface area (Å²) in [7, 11) is 4.05. The predicted octanol–water partition coefficient (Wildman–Crippen LogP) is 2.99. The van der Waals surface area contributed by atoms with Crippen LogP contribution in [0.5, 0.6) is 0 Å². The van der Waals surface area contributed by atoms with Gasteiger partial charge in [-0.2, -0.15) is 5.10 Å². The van der Waals surface area contributed by atoms with Gasteiger partial charge in [0, 0.05) is 11.6 Å². The molecule has 114 valence electrons. The van der Waals surface area contributed by atoms with Crippen molar-refractivity contribution in [2.75, 3.05) is 20.6 Å². The lowest BCUT2D eigenvalue weighted by Gasteiger charge is -2.17. The third-order valence-electron chi connectivity index (χ3n) is 3.31. The molecule has 1 atom stereocenters. The van der Waals surface area contributed by atoms with Gasteiger partial charge in [0.05, 0.1) is 29.5 Å². The second-order valence-corrected chi connectivity index (χ2v) is 6.18. The monoisotopic (exact) mass is 326 g/mol. The number of nitrogens with zero attached hydrogens (tertiary/aromatic N) is 3. The fourth-order valence-electron chi connectivity index (χ4n) is 2.18. The molecule has 0 aliphatic heterocycles. The molecule has 0 aliphatic rings. The van der Waals surface area contributed by atoms with Crippen molar-refractivity contribution in [3.63, 3.8) is 0 Å². The van der Waals surface area contributed by atoms with Crippen molar-refractivity contribution in [1.29, 1.82) is 0 Å². The number of halogens is 2. The topological polar surface area (TPSA) is 47.1 Å². The first kappa shape index (κ1) is 16.3. The van der Waals surface area contributed by atoms with Crippen LogP contribution in [0, 0.1) is 0 Å². The molecule has 1 heterocycles. The minimum absolute atomic E-state index is 0.191. The molecule has 0 bridgehead atoms. The van der Waals surface area contributed by atoms with Crippen LogP contribution in [-0.4, -0.2) is 35.3 Å². The number of likely N-dealkylation sites (N-methyl/N-ethyl adjacent to an activating group) is 1. The maximum Gasteiger partial charge on any atom is 0.0834 e. The largest absolute Gasteiger partial charge is 0.322 e. The Morgan fingerprint density at radius 1 is 1.24 bits per heavy atom. The Morgan fingerprint density at radius 3 is 2.52 bits per heavy atom. The van der Waals surface area contributed by atoms with Crippen LogP contribution in [0.3, 0.4) is 0 Å². The van der Waals surface area contributed by atoms with Crippen LogP contribution >= 0.6 is 23.2 Å². The Kier molecular flexibility index (Phi) is 5.65. The molecular formula is C15H20Cl2N4. The molecule has 1 aromatic heterocycles. The standard InChI is InChI=1S/C15H20Cl2N4/c1-20(2)7-8-21-15(13(17)10-19-21)14(18)9-11-3-5-12(16)6-4-11/h3-6,10,14H,7-9,18H2,1-2H3. The highest BCUT2D eigenvalue weighted by Gasteiger charge is 2.17. The minimum atomic E-state index is -0.191. The number of rotatable bonds is 6. The molecule has 1 unspecified atom stereocenters. The van der Waals surface area contributed by atoms with Crippen molar-refractivity contribution >= 4 is 23.2 Å². The van der Waals surface area contributed by atoms with Gasteiger partial charge in [0.1, 0.15) is 0 Å². The zero-order valence-corrected chi connectivity index (χ0v) is 13.8. The molecule has 4 nitrogen and oxygen atoms in total. The quantitative estimate of drug-likeness (QED) is 0.887. The molecule has 0 spiro atoms. The third-order valence-corrected chi connectivity index (χ3v) is 3.86. The molecule has 2 N–H and O–H groups in total. The first-order valence-corrected chi connectivity index (χ1v) is 7.59. The average Bonchev–Trinajstić information content (AvgIpc) is 2.80. The second-order valence-electron chi connectivity index (χ2n) is 5.34. The highest BCUT2D eigenvalue weighted by atomic mass is 35.5. The van der Waals surface area contributed by atoms with Gasteiger partial charge in [-0.1, -0.05) is 35.3 Å². The maximum absolute atomic E-state index is 6.33. The van der Waals surface area contributed by atoms with Crippen molar-refractivity contribution in [3.05, 3.63) is 51.8 Å². The molecule has 0 aliphatic carbocycles. The van der Waals surface area contributed by atoms with E-state index in [1.807, 2.05) is 43.0 Å². The number of hydrogen-bond donors (Lipinski definition) is 1. The van der Waals surface area contributed by atoms with E-state index >= 15 is 0 Å². The summed E-state index contributed by atoms with van der Waals surface area (Å²) in [4.78, 5) is 2.10. The van der Waals surface area contributed by atoms with Crippen LogP contribution in [0.1, 0.15) is 17.3 Å². The fourth-order valence-corrected chi connectivity index (χ4v) is 2.59. The number of hydrogen-bond acceptors (Lipinski definition) is 3. The molecule has 2 rings (SSSR count). The van der Waals surface area contributed by atoms with Gasteiger partial charge in [-0.25, -0.2) is 0 Å². The van der Waals surface area contributed by atoms with Gasteiger partial charge in [0.25, 0.3) is 0 Å². The van der Waals surface area contributed by atoms with E-state index in [0.717, 1.165) is 29.4 Å². The summed E-state index contributed by atoms with van der Waals surface area (Å²) in [5.74, 6) is 0. The molecule has 0 saturated heterocycles. The lowest BCUT2D eigenvalue weighted by molar-refractivity contribution is 0.366. The van der Waals surface area contributed by atoms with Crippen LogP contribution in [0.15, 0.2) is 30.5 Å². The predicted molar refractivity (Wildman–Crippen MR) is 87.9 cm³/mol. The van der Waals surface area contributed by atoms with Crippen molar-refractivity contribution < 1.29 is 0 Å². The van der Waals surface area contributed by atoms with Gasteiger partial charge in [-0.05, 0) is 38.2 Å². The molecule has 0 amide bonds. The van der Waals surface area contributed by atoms with Crippen LogP contribution in [0.2, 0.25) is 10.0 Å². The summed E-state index contributed by atoms with van der Waals surface area (Å²) < 4.78 is 1.89. The van der Waals surface area contributed by atoms with Crippen LogP contribution in [0.25, 0.3) is 0 Å². The Bertz CT molecular complexity index is 578. The summed E-state index contributed by atoms with van der Waals surface area (Å²) in [6.45, 7) is 1.65. The molecule has 2 aromatic rings. The van der Waals surface area contributed by atoms with Gasteiger partial charge in [0.2, 0.25) is 0 Å². The smallest absolute Gasteiger partial charge is 0.0834 e.